The zero-order valence-electron chi connectivity index (χ0n) is 13.6. The molecule has 2 aromatic rings. The SMILES string of the molecule is COc1cc2c(cc1OC)[C@@H]([C@H](CO)c1ccccc1)NCC2. The van der Waals surface area contributed by atoms with Gasteiger partial charge in [-0.1, -0.05) is 30.3 Å². The van der Waals surface area contributed by atoms with E-state index in [0.29, 0.717) is 0 Å². The molecule has 3 rings (SSSR count). The Labute approximate surface area is 137 Å². The fourth-order valence-electron chi connectivity index (χ4n) is 3.38. The van der Waals surface area contributed by atoms with Gasteiger partial charge in [-0.2, -0.15) is 0 Å². The molecule has 1 aliphatic rings. The lowest BCUT2D eigenvalue weighted by molar-refractivity contribution is 0.232. The highest BCUT2D eigenvalue weighted by molar-refractivity contribution is 5.50. The van der Waals surface area contributed by atoms with Crippen LogP contribution >= 0.6 is 0 Å². The Morgan fingerprint density at radius 3 is 2.48 bits per heavy atom. The predicted molar refractivity (Wildman–Crippen MR) is 90.3 cm³/mol. The summed E-state index contributed by atoms with van der Waals surface area (Å²) in [6.07, 6.45) is 0.944. The Kier molecular flexibility index (Phi) is 4.84. The third-order valence-electron chi connectivity index (χ3n) is 4.57. The van der Waals surface area contributed by atoms with Crippen molar-refractivity contribution in [2.75, 3.05) is 27.4 Å². The minimum absolute atomic E-state index is 0.00773. The van der Waals surface area contributed by atoms with E-state index in [2.05, 4.69) is 23.5 Å². The number of aliphatic hydroxyl groups is 1. The highest BCUT2D eigenvalue weighted by Gasteiger charge is 2.29. The molecule has 0 aliphatic carbocycles. The number of nitrogens with one attached hydrogen (secondary N) is 1. The fraction of sp³-hybridized carbons (Fsp3) is 0.368. The zero-order valence-corrected chi connectivity index (χ0v) is 13.6. The zero-order chi connectivity index (χ0) is 16.2. The van der Waals surface area contributed by atoms with Gasteiger partial charge in [-0.3, -0.25) is 0 Å². The second-order valence-electron chi connectivity index (χ2n) is 5.79. The van der Waals surface area contributed by atoms with E-state index >= 15 is 0 Å². The molecule has 0 aromatic heterocycles. The van der Waals surface area contributed by atoms with Crippen molar-refractivity contribution < 1.29 is 14.6 Å². The summed E-state index contributed by atoms with van der Waals surface area (Å²) in [4.78, 5) is 0. The van der Waals surface area contributed by atoms with Crippen molar-refractivity contribution in [3.8, 4) is 11.5 Å². The maximum absolute atomic E-state index is 9.99. The van der Waals surface area contributed by atoms with Crippen molar-refractivity contribution >= 4 is 0 Å². The Hall–Kier alpha value is -2.04. The number of methoxy groups -OCH3 is 2. The van der Waals surface area contributed by atoms with Crippen LogP contribution in [0.1, 0.15) is 28.7 Å². The average molecular weight is 313 g/mol. The van der Waals surface area contributed by atoms with Gasteiger partial charge in [0.1, 0.15) is 0 Å². The molecule has 0 saturated heterocycles. The van der Waals surface area contributed by atoms with Gasteiger partial charge in [-0.15, -0.1) is 0 Å². The molecule has 1 aliphatic heterocycles. The summed E-state index contributed by atoms with van der Waals surface area (Å²) in [6.45, 7) is 0.978. The highest BCUT2D eigenvalue weighted by atomic mass is 16.5. The molecule has 0 fully saturated rings. The lowest BCUT2D eigenvalue weighted by atomic mass is 9.82. The molecule has 122 valence electrons. The van der Waals surface area contributed by atoms with Gasteiger partial charge in [0.2, 0.25) is 0 Å². The number of rotatable bonds is 5. The molecule has 23 heavy (non-hydrogen) atoms. The molecule has 2 aromatic carbocycles. The summed E-state index contributed by atoms with van der Waals surface area (Å²) in [5, 5.41) is 13.5. The van der Waals surface area contributed by atoms with Crippen molar-refractivity contribution in [2.45, 2.75) is 18.4 Å². The maximum atomic E-state index is 9.99. The molecule has 0 bridgehead atoms. The summed E-state index contributed by atoms with van der Waals surface area (Å²) >= 11 is 0. The molecule has 1 heterocycles. The van der Waals surface area contributed by atoms with E-state index in [-0.39, 0.29) is 18.6 Å². The van der Waals surface area contributed by atoms with E-state index in [1.165, 1.54) is 11.1 Å². The maximum Gasteiger partial charge on any atom is 0.161 e. The summed E-state index contributed by atoms with van der Waals surface area (Å²) in [6, 6.07) is 14.3. The predicted octanol–water partition coefficient (Wildman–Crippen LogP) is 2.67. The third kappa shape index (κ3) is 3.05. The van der Waals surface area contributed by atoms with Crippen LogP contribution in [0.4, 0.5) is 0 Å². The second-order valence-corrected chi connectivity index (χ2v) is 5.79. The van der Waals surface area contributed by atoms with E-state index in [4.69, 9.17) is 9.47 Å². The number of aliphatic hydroxyl groups excluding tert-OH is 1. The van der Waals surface area contributed by atoms with Crippen molar-refractivity contribution in [3.63, 3.8) is 0 Å². The normalized spacial score (nSPS) is 18.1. The van der Waals surface area contributed by atoms with E-state index in [9.17, 15) is 5.11 Å². The first-order valence-corrected chi connectivity index (χ1v) is 7.92. The van der Waals surface area contributed by atoms with Crippen LogP contribution < -0.4 is 14.8 Å². The summed E-state index contributed by atoms with van der Waals surface area (Å²) in [5.41, 5.74) is 3.56. The van der Waals surface area contributed by atoms with Crippen LogP contribution in [0.3, 0.4) is 0 Å². The highest BCUT2D eigenvalue weighted by Crippen LogP contribution is 2.40. The quantitative estimate of drug-likeness (QED) is 0.891. The van der Waals surface area contributed by atoms with Gasteiger partial charge >= 0.3 is 0 Å². The first-order chi connectivity index (χ1) is 11.3. The van der Waals surface area contributed by atoms with E-state index in [1.807, 2.05) is 24.3 Å². The number of hydrogen-bond acceptors (Lipinski definition) is 4. The third-order valence-corrected chi connectivity index (χ3v) is 4.57. The molecule has 0 amide bonds. The van der Waals surface area contributed by atoms with Gasteiger partial charge in [0.05, 0.1) is 20.8 Å². The Bertz CT molecular complexity index is 657. The average Bonchev–Trinajstić information content (AvgIpc) is 2.62. The summed E-state index contributed by atoms with van der Waals surface area (Å²) in [7, 11) is 3.31. The first kappa shape index (κ1) is 15.8. The summed E-state index contributed by atoms with van der Waals surface area (Å²) in [5.74, 6) is 1.49. The lowest BCUT2D eigenvalue weighted by Crippen LogP contribution is -2.35. The molecule has 2 atom stereocenters. The van der Waals surface area contributed by atoms with Crippen molar-refractivity contribution in [1.29, 1.82) is 0 Å². The molecule has 0 unspecified atom stereocenters. The molecule has 4 heteroatoms. The molecule has 0 saturated carbocycles. The molecule has 2 N–H and O–H groups in total. The lowest BCUT2D eigenvalue weighted by Gasteiger charge is -2.33. The van der Waals surface area contributed by atoms with Crippen LogP contribution in [-0.2, 0) is 6.42 Å². The molecule has 0 radical (unpaired) electrons. The van der Waals surface area contributed by atoms with Gasteiger partial charge in [-0.25, -0.2) is 0 Å². The van der Waals surface area contributed by atoms with Crippen LogP contribution in [0.5, 0.6) is 11.5 Å². The van der Waals surface area contributed by atoms with Crippen LogP contribution in [-0.4, -0.2) is 32.5 Å². The minimum Gasteiger partial charge on any atom is -0.493 e. The second kappa shape index (κ2) is 7.02. The molecular formula is C19H23NO3. The van der Waals surface area contributed by atoms with E-state index < -0.39 is 0 Å². The molecule has 4 nitrogen and oxygen atoms in total. The van der Waals surface area contributed by atoms with Crippen LogP contribution in [0.2, 0.25) is 0 Å². The van der Waals surface area contributed by atoms with Crippen molar-refractivity contribution in [2.24, 2.45) is 0 Å². The van der Waals surface area contributed by atoms with Gasteiger partial charge in [0, 0.05) is 12.0 Å². The van der Waals surface area contributed by atoms with Gasteiger partial charge < -0.3 is 19.9 Å². The van der Waals surface area contributed by atoms with Crippen LogP contribution in [0.15, 0.2) is 42.5 Å². The number of fused-ring (bicyclic) bond motifs is 1. The van der Waals surface area contributed by atoms with Crippen molar-refractivity contribution in [3.05, 3.63) is 59.2 Å². The van der Waals surface area contributed by atoms with Gasteiger partial charge in [-0.05, 0) is 41.8 Å². The van der Waals surface area contributed by atoms with Crippen LogP contribution in [0.25, 0.3) is 0 Å². The Balaban J connectivity index is 2.03. The van der Waals surface area contributed by atoms with E-state index in [1.54, 1.807) is 14.2 Å². The number of benzene rings is 2. The molecular weight excluding hydrogens is 290 g/mol. The van der Waals surface area contributed by atoms with E-state index in [0.717, 1.165) is 30.0 Å². The van der Waals surface area contributed by atoms with Crippen LogP contribution in [0, 0.1) is 0 Å². The first-order valence-electron chi connectivity index (χ1n) is 7.92. The largest absolute Gasteiger partial charge is 0.493 e. The number of ether oxygens (including phenoxy) is 2. The van der Waals surface area contributed by atoms with Gasteiger partial charge in [0.25, 0.3) is 0 Å². The minimum atomic E-state index is 0.00773. The van der Waals surface area contributed by atoms with Gasteiger partial charge in [0.15, 0.2) is 11.5 Å². The fourth-order valence-corrected chi connectivity index (χ4v) is 3.38. The smallest absolute Gasteiger partial charge is 0.161 e. The Morgan fingerprint density at radius 1 is 1.13 bits per heavy atom. The molecule has 0 spiro atoms. The standard InChI is InChI=1S/C19H23NO3/c1-22-17-10-14-8-9-20-19(15(14)11-18(17)23-2)16(12-21)13-6-4-3-5-7-13/h3-7,10-11,16,19-21H,8-9,12H2,1-2H3/t16-,19+/m1/s1. The Morgan fingerprint density at radius 2 is 1.83 bits per heavy atom. The van der Waals surface area contributed by atoms with Crippen molar-refractivity contribution in [1.82, 2.24) is 5.32 Å². The topological polar surface area (TPSA) is 50.7 Å². The summed E-state index contributed by atoms with van der Waals surface area (Å²) < 4.78 is 10.9. The monoisotopic (exact) mass is 313 g/mol. The number of hydrogen-bond donors (Lipinski definition) is 2.